The lowest BCUT2D eigenvalue weighted by molar-refractivity contribution is -0.384. The van der Waals surface area contributed by atoms with E-state index in [0.717, 1.165) is 25.2 Å². The van der Waals surface area contributed by atoms with Gasteiger partial charge in [-0.25, -0.2) is 8.42 Å². The minimum atomic E-state index is -3.33. The number of nitrogens with zero attached hydrogens (tertiary/aromatic N) is 1. The van der Waals surface area contributed by atoms with E-state index in [1.54, 1.807) is 0 Å². The van der Waals surface area contributed by atoms with Gasteiger partial charge in [0.15, 0.2) is 0 Å². The molecule has 2 amide bonds. The smallest absolute Gasteiger partial charge is 0.288 e. The van der Waals surface area contributed by atoms with Crippen molar-refractivity contribution in [1.82, 2.24) is 10.6 Å². The zero-order valence-corrected chi connectivity index (χ0v) is 15.5. The van der Waals surface area contributed by atoms with Crippen molar-refractivity contribution < 1.29 is 22.9 Å². The van der Waals surface area contributed by atoms with Crippen LogP contribution in [0.4, 0.5) is 5.69 Å². The van der Waals surface area contributed by atoms with Gasteiger partial charge in [0.25, 0.3) is 11.6 Å². The second kappa shape index (κ2) is 8.00. The van der Waals surface area contributed by atoms with Crippen molar-refractivity contribution in [2.75, 3.05) is 12.0 Å². The first kappa shape index (κ1) is 20.1. The summed E-state index contributed by atoms with van der Waals surface area (Å²) in [6.45, 7) is 0. The normalized spacial score (nSPS) is 15.2. The van der Waals surface area contributed by atoms with Gasteiger partial charge in [0.1, 0.15) is 20.9 Å². The standard InChI is InChI=1S/C15H18ClN3O6S/c1-26(24,25)7-6-12(15(21)17-10-3-4-10)18-14(20)9-2-5-11(16)13(8-9)19(22)23/h2,5,8,10,12H,3-4,6-7H2,1H3,(H,17,21)(H,18,20)/t12-/m1/s1. The molecule has 0 aliphatic heterocycles. The highest BCUT2D eigenvalue weighted by atomic mass is 35.5. The Morgan fingerprint density at radius 2 is 2.04 bits per heavy atom. The van der Waals surface area contributed by atoms with Crippen molar-refractivity contribution in [2.24, 2.45) is 0 Å². The van der Waals surface area contributed by atoms with Crippen LogP contribution in [0.25, 0.3) is 0 Å². The highest BCUT2D eigenvalue weighted by molar-refractivity contribution is 7.90. The molecule has 0 unspecified atom stereocenters. The summed E-state index contributed by atoms with van der Waals surface area (Å²) in [7, 11) is -3.33. The topological polar surface area (TPSA) is 135 Å². The van der Waals surface area contributed by atoms with Gasteiger partial charge in [0.05, 0.1) is 10.7 Å². The lowest BCUT2D eigenvalue weighted by Gasteiger charge is -2.18. The summed E-state index contributed by atoms with van der Waals surface area (Å²) in [6.07, 6.45) is 2.61. The number of carbonyl (C=O) groups excluding carboxylic acids is 2. The van der Waals surface area contributed by atoms with Crippen molar-refractivity contribution >= 4 is 38.9 Å². The first-order valence-electron chi connectivity index (χ1n) is 7.80. The predicted molar refractivity (Wildman–Crippen MR) is 94.9 cm³/mol. The maximum absolute atomic E-state index is 12.4. The largest absolute Gasteiger partial charge is 0.352 e. The van der Waals surface area contributed by atoms with Gasteiger partial charge >= 0.3 is 0 Å². The molecule has 26 heavy (non-hydrogen) atoms. The van der Waals surface area contributed by atoms with Crippen molar-refractivity contribution in [1.29, 1.82) is 0 Å². The third kappa shape index (κ3) is 5.95. The van der Waals surface area contributed by atoms with E-state index in [-0.39, 0.29) is 28.8 Å². The molecule has 1 aromatic carbocycles. The van der Waals surface area contributed by atoms with Crippen LogP contribution in [-0.2, 0) is 14.6 Å². The van der Waals surface area contributed by atoms with Crippen LogP contribution in [0.5, 0.6) is 0 Å². The Bertz CT molecular complexity index is 838. The number of sulfone groups is 1. The molecule has 1 aliphatic rings. The van der Waals surface area contributed by atoms with Gasteiger partial charge in [0, 0.05) is 23.9 Å². The van der Waals surface area contributed by atoms with Crippen molar-refractivity contribution in [2.45, 2.75) is 31.3 Å². The highest BCUT2D eigenvalue weighted by Gasteiger charge is 2.29. The molecule has 0 spiro atoms. The molecule has 0 saturated heterocycles. The zero-order valence-electron chi connectivity index (χ0n) is 13.9. The maximum atomic E-state index is 12.4. The molecule has 1 aliphatic carbocycles. The minimum absolute atomic E-state index is 0.0387. The first-order chi connectivity index (χ1) is 12.1. The molecule has 0 aromatic heterocycles. The van der Waals surface area contributed by atoms with Gasteiger partial charge in [-0.3, -0.25) is 19.7 Å². The van der Waals surface area contributed by atoms with Crippen molar-refractivity contribution in [3.05, 3.63) is 38.9 Å². The Balaban J connectivity index is 2.14. The molecule has 1 fully saturated rings. The second-order valence-corrected chi connectivity index (χ2v) is 8.82. The number of rotatable bonds is 8. The monoisotopic (exact) mass is 403 g/mol. The number of nitrogens with one attached hydrogen (secondary N) is 2. The molecule has 0 heterocycles. The molecule has 1 atom stereocenters. The summed E-state index contributed by atoms with van der Waals surface area (Å²) in [4.78, 5) is 34.8. The van der Waals surface area contributed by atoms with Crippen LogP contribution in [0, 0.1) is 10.1 Å². The van der Waals surface area contributed by atoms with Crippen LogP contribution in [0.2, 0.25) is 5.02 Å². The van der Waals surface area contributed by atoms with Crippen LogP contribution in [0.15, 0.2) is 18.2 Å². The molecule has 2 N–H and O–H groups in total. The molecular weight excluding hydrogens is 386 g/mol. The van der Waals surface area contributed by atoms with E-state index in [9.17, 15) is 28.1 Å². The first-order valence-corrected chi connectivity index (χ1v) is 10.2. The molecule has 1 saturated carbocycles. The molecule has 2 rings (SSSR count). The lowest BCUT2D eigenvalue weighted by atomic mass is 10.1. The molecule has 1 aromatic rings. The number of hydrogen-bond acceptors (Lipinski definition) is 6. The molecule has 9 nitrogen and oxygen atoms in total. The maximum Gasteiger partial charge on any atom is 0.288 e. The predicted octanol–water partition coefficient (Wildman–Crippen LogP) is 1.06. The fourth-order valence-corrected chi connectivity index (χ4v) is 3.02. The van der Waals surface area contributed by atoms with Crippen LogP contribution in [0.1, 0.15) is 29.6 Å². The van der Waals surface area contributed by atoms with E-state index in [0.29, 0.717) is 0 Å². The summed E-state index contributed by atoms with van der Waals surface area (Å²) in [5.41, 5.74) is -0.487. The van der Waals surface area contributed by atoms with Crippen molar-refractivity contribution in [3.63, 3.8) is 0 Å². The average molecular weight is 404 g/mol. The number of halogens is 1. The Morgan fingerprint density at radius 3 is 2.58 bits per heavy atom. The lowest BCUT2D eigenvalue weighted by Crippen LogP contribution is -2.48. The van der Waals surface area contributed by atoms with Gasteiger partial charge in [-0.15, -0.1) is 0 Å². The summed E-state index contributed by atoms with van der Waals surface area (Å²) in [5.74, 6) is -1.49. The van der Waals surface area contributed by atoms with E-state index in [4.69, 9.17) is 11.6 Å². The van der Waals surface area contributed by atoms with Crippen molar-refractivity contribution in [3.8, 4) is 0 Å². The fraction of sp³-hybridized carbons (Fsp3) is 0.467. The second-order valence-electron chi connectivity index (χ2n) is 6.15. The molecule has 0 bridgehead atoms. The van der Waals surface area contributed by atoms with Crippen LogP contribution >= 0.6 is 11.6 Å². The highest BCUT2D eigenvalue weighted by Crippen LogP contribution is 2.25. The fourth-order valence-electron chi connectivity index (χ4n) is 2.17. The SMILES string of the molecule is CS(=O)(=O)CC[C@@H](NC(=O)c1ccc(Cl)c([N+](=O)[O-])c1)C(=O)NC1CC1. The quantitative estimate of drug-likeness (QED) is 0.492. The van der Waals surface area contributed by atoms with E-state index in [2.05, 4.69) is 10.6 Å². The van der Waals surface area contributed by atoms with E-state index < -0.39 is 38.3 Å². The molecule has 0 radical (unpaired) electrons. The number of carbonyl (C=O) groups is 2. The summed E-state index contributed by atoms with van der Waals surface area (Å²) >= 11 is 5.71. The number of amides is 2. The minimum Gasteiger partial charge on any atom is -0.352 e. The number of nitro benzene ring substituents is 1. The van der Waals surface area contributed by atoms with Crippen LogP contribution < -0.4 is 10.6 Å². The summed E-state index contributed by atoms with van der Waals surface area (Å²) in [6, 6.07) is 2.48. The van der Waals surface area contributed by atoms with Gasteiger partial charge in [-0.1, -0.05) is 11.6 Å². The number of benzene rings is 1. The Morgan fingerprint density at radius 1 is 1.38 bits per heavy atom. The zero-order chi connectivity index (χ0) is 19.5. The van der Waals surface area contributed by atoms with E-state index in [1.165, 1.54) is 12.1 Å². The van der Waals surface area contributed by atoms with Crippen LogP contribution in [0.3, 0.4) is 0 Å². The third-order valence-electron chi connectivity index (χ3n) is 3.73. The Kier molecular flexibility index (Phi) is 6.19. The summed E-state index contributed by atoms with van der Waals surface area (Å²) in [5, 5.41) is 16.0. The molecular formula is C15H18ClN3O6S. The summed E-state index contributed by atoms with van der Waals surface area (Å²) < 4.78 is 22.7. The van der Waals surface area contributed by atoms with E-state index in [1.807, 2.05) is 0 Å². The third-order valence-corrected chi connectivity index (χ3v) is 5.02. The Labute approximate surface area is 155 Å². The van der Waals surface area contributed by atoms with E-state index >= 15 is 0 Å². The van der Waals surface area contributed by atoms with Gasteiger partial charge in [-0.05, 0) is 31.4 Å². The average Bonchev–Trinajstić information content (AvgIpc) is 3.34. The molecule has 11 heteroatoms. The van der Waals surface area contributed by atoms with Gasteiger partial charge in [0.2, 0.25) is 5.91 Å². The van der Waals surface area contributed by atoms with Crippen LogP contribution in [-0.4, -0.2) is 49.2 Å². The number of hydrogen-bond donors (Lipinski definition) is 2. The number of nitro groups is 1. The van der Waals surface area contributed by atoms with Gasteiger partial charge in [-0.2, -0.15) is 0 Å². The van der Waals surface area contributed by atoms with Gasteiger partial charge < -0.3 is 10.6 Å². The Hall–Kier alpha value is -2.20. The molecule has 142 valence electrons.